The van der Waals surface area contributed by atoms with Gasteiger partial charge in [0.1, 0.15) is 5.75 Å². The van der Waals surface area contributed by atoms with Crippen LogP contribution in [0.4, 0.5) is 0 Å². The standard InChI is InChI=1S/C18H21NO3/c1-18(11-19,14-4-3-5-15(9-14)20-2)10-13-6-7-16-17(8-13)22-12-21-16/h3-9H,10-12,19H2,1-2H3. The Labute approximate surface area is 130 Å². The Balaban J connectivity index is 1.89. The van der Waals surface area contributed by atoms with Crippen LogP contribution in [0.2, 0.25) is 0 Å². The monoisotopic (exact) mass is 299 g/mol. The van der Waals surface area contributed by atoms with Gasteiger partial charge in [-0.15, -0.1) is 0 Å². The molecule has 1 atom stereocenters. The predicted octanol–water partition coefficient (Wildman–Crippen LogP) is 2.88. The van der Waals surface area contributed by atoms with E-state index in [-0.39, 0.29) is 5.41 Å². The maximum atomic E-state index is 6.09. The fourth-order valence-corrected chi connectivity index (χ4v) is 2.79. The molecule has 2 aromatic rings. The largest absolute Gasteiger partial charge is 0.497 e. The van der Waals surface area contributed by atoms with Crippen molar-refractivity contribution in [2.75, 3.05) is 20.4 Å². The second kappa shape index (κ2) is 5.89. The van der Waals surface area contributed by atoms with Crippen molar-refractivity contribution >= 4 is 0 Å². The number of nitrogens with two attached hydrogens (primary N) is 1. The van der Waals surface area contributed by atoms with E-state index in [1.54, 1.807) is 7.11 Å². The van der Waals surface area contributed by atoms with E-state index in [0.717, 1.165) is 23.7 Å². The molecular formula is C18H21NO3. The molecular weight excluding hydrogens is 278 g/mol. The van der Waals surface area contributed by atoms with Crippen LogP contribution in [-0.4, -0.2) is 20.4 Å². The van der Waals surface area contributed by atoms with Gasteiger partial charge in [-0.1, -0.05) is 25.1 Å². The van der Waals surface area contributed by atoms with Gasteiger partial charge in [-0.25, -0.2) is 0 Å². The molecule has 2 N–H and O–H groups in total. The average Bonchev–Trinajstić information content (AvgIpc) is 3.02. The van der Waals surface area contributed by atoms with E-state index in [9.17, 15) is 0 Å². The van der Waals surface area contributed by atoms with Crippen LogP contribution in [0.5, 0.6) is 17.2 Å². The molecule has 3 rings (SSSR count). The van der Waals surface area contributed by atoms with Crippen LogP contribution in [-0.2, 0) is 11.8 Å². The van der Waals surface area contributed by atoms with Gasteiger partial charge < -0.3 is 19.9 Å². The first kappa shape index (κ1) is 14.7. The molecule has 1 aliphatic heterocycles. The van der Waals surface area contributed by atoms with Crippen molar-refractivity contribution < 1.29 is 14.2 Å². The van der Waals surface area contributed by atoms with Crippen molar-refractivity contribution in [2.45, 2.75) is 18.8 Å². The summed E-state index contributed by atoms with van der Waals surface area (Å²) in [5.41, 5.74) is 8.28. The van der Waals surface area contributed by atoms with E-state index in [2.05, 4.69) is 25.1 Å². The van der Waals surface area contributed by atoms with Crippen molar-refractivity contribution in [3.63, 3.8) is 0 Å². The fraction of sp³-hybridized carbons (Fsp3) is 0.333. The zero-order valence-corrected chi connectivity index (χ0v) is 13.0. The highest BCUT2D eigenvalue weighted by Crippen LogP contribution is 2.35. The third-order valence-corrected chi connectivity index (χ3v) is 4.25. The van der Waals surface area contributed by atoms with Crippen molar-refractivity contribution in [2.24, 2.45) is 5.73 Å². The second-order valence-electron chi connectivity index (χ2n) is 5.86. The first-order valence-corrected chi connectivity index (χ1v) is 7.38. The van der Waals surface area contributed by atoms with Gasteiger partial charge in [-0.05, 0) is 41.8 Å². The molecule has 116 valence electrons. The van der Waals surface area contributed by atoms with Gasteiger partial charge in [0.2, 0.25) is 6.79 Å². The summed E-state index contributed by atoms with van der Waals surface area (Å²) >= 11 is 0. The summed E-state index contributed by atoms with van der Waals surface area (Å²) in [5.74, 6) is 2.46. The van der Waals surface area contributed by atoms with Gasteiger partial charge in [-0.2, -0.15) is 0 Å². The smallest absolute Gasteiger partial charge is 0.231 e. The summed E-state index contributed by atoms with van der Waals surface area (Å²) in [4.78, 5) is 0. The molecule has 1 aliphatic rings. The summed E-state index contributed by atoms with van der Waals surface area (Å²) in [6.07, 6.45) is 0.827. The second-order valence-corrected chi connectivity index (χ2v) is 5.86. The molecule has 0 amide bonds. The Hall–Kier alpha value is -2.20. The highest BCUT2D eigenvalue weighted by molar-refractivity contribution is 5.45. The van der Waals surface area contributed by atoms with Crippen LogP contribution in [0.3, 0.4) is 0 Å². The normalized spacial score (nSPS) is 15.4. The predicted molar refractivity (Wildman–Crippen MR) is 85.7 cm³/mol. The number of hydrogen-bond donors (Lipinski definition) is 1. The van der Waals surface area contributed by atoms with E-state index in [1.165, 1.54) is 11.1 Å². The first-order chi connectivity index (χ1) is 10.6. The van der Waals surface area contributed by atoms with Gasteiger partial charge in [0.05, 0.1) is 7.11 Å². The number of benzene rings is 2. The van der Waals surface area contributed by atoms with Crippen LogP contribution in [0, 0.1) is 0 Å². The van der Waals surface area contributed by atoms with Crippen molar-refractivity contribution in [1.82, 2.24) is 0 Å². The number of methoxy groups -OCH3 is 1. The van der Waals surface area contributed by atoms with Crippen LogP contribution in [0.25, 0.3) is 0 Å². The fourth-order valence-electron chi connectivity index (χ4n) is 2.79. The van der Waals surface area contributed by atoms with Gasteiger partial charge in [0, 0.05) is 12.0 Å². The molecule has 0 bridgehead atoms. The summed E-state index contributed by atoms with van der Waals surface area (Å²) in [6, 6.07) is 14.2. The van der Waals surface area contributed by atoms with E-state index in [0.29, 0.717) is 13.3 Å². The molecule has 1 unspecified atom stereocenters. The van der Waals surface area contributed by atoms with Crippen molar-refractivity contribution in [3.05, 3.63) is 53.6 Å². The molecule has 22 heavy (non-hydrogen) atoms. The molecule has 4 heteroatoms. The lowest BCUT2D eigenvalue weighted by Gasteiger charge is -2.29. The van der Waals surface area contributed by atoms with Gasteiger partial charge in [0.15, 0.2) is 11.5 Å². The number of rotatable bonds is 5. The minimum absolute atomic E-state index is 0.164. The summed E-state index contributed by atoms with van der Waals surface area (Å²) in [6.45, 7) is 3.02. The molecule has 0 fully saturated rings. The minimum atomic E-state index is -0.164. The molecule has 0 aromatic heterocycles. The number of ether oxygens (including phenoxy) is 3. The van der Waals surface area contributed by atoms with E-state index in [1.807, 2.05) is 24.3 Å². The molecule has 0 radical (unpaired) electrons. The highest BCUT2D eigenvalue weighted by Gasteiger charge is 2.27. The molecule has 0 spiro atoms. The van der Waals surface area contributed by atoms with Gasteiger partial charge >= 0.3 is 0 Å². The molecule has 0 aliphatic carbocycles. The molecule has 2 aromatic carbocycles. The Bertz CT molecular complexity index is 671. The molecule has 0 saturated heterocycles. The Morgan fingerprint density at radius 1 is 1.14 bits per heavy atom. The summed E-state index contributed by atoms with van der Waals surface area (Å²) < 4.78 is 16.1. The number of hydrogen-bond acceptors (Lipinski definition) is 4. The Kier molecular flexibility index (Phi) is 3.94. The zero-order chi connectivity index (χ0) is 15.6. The Morgan fingerprint density at radius 3 is 2.73 bits per heavy atom. The zero-order valence-electron chi connectivity index (χ0n) is 13.0. The third-order valence-electron chi connectivity index (χ3n) is 4.25. The van der Waals surface area contributed by atoms with Crippen LogP contribution < -0.4 is 19.9 Å². The lowest BCUT2D eigenvalue weighted by Crippen LogP contribution is -2.34. The quantitative estimate of drug-likeness (QED) is 0.922. The first-order valence-electron chi connectivity index (χ1n) is 7.38. The highest BCUT2D eigenvalue weighted by atomic mass is 16.7. The summed E-state index contributed by atoms with van der Waals surface area (Å²) in [5, 5.41) is 0. The lowest BCUT2D eigenvalue weighted by atomic mass is 9.77. The average molecular weight is 299 g/mol. The summed E-state index contributed by atoms with van der Waals surface area (Å²) in [7, 11) is 1.68. The van der Waals surface area contributed by atoms with Crippen LogP contribution in [0.1, 0.15) is 18.1 Å². The van der Waals surface area contributed by atoms with E-state index >= 15 is 0 Å². The molecule has 4 nitrogen and oxygen atoms in total. The van der Waals surface area contributed by atoms with E-state index in [4.69, 9.17) is 19.9 Å². The topological polar surface area (TPSA) is 53.7 Å². The van der Waals surface area contributed by atoms with Gasteiger partial charge in [0.25, 0.3) is 0 Å². The Morgan fingerprint density at radius 2 is 1.95 bits per heavy atom. The van der Waals surface area contributed by atoms with Crippen molar-refractivity contribution in [1.29, 1.82) is 0 Å². The van der Waals surface area contributed by atoms with Gasteiger partial charge in [-0.3, -0.25) is 0 Å². The molecule has 0 saturated carbocycles. The maximum Gasteiger partial charge on any atom is 0.231 e. The van der Waals surface area contributed by atoms with Crippen LogP contribution in [0.15, 0.2) is 42.5 Å². The van der Waals surface area contributed by atoms with E-state index < -0.39 is 0 Å². The maximum absolute atomic E-state index is 6.09. The molecule has 1 heterocycles. The SMILES string of the molecule is COc1cccc(C(C)(CN)Cc2ccc3c(c2)OCO3)c1. The lowest BCUT2D eigenvalue weighted by molar-refractivity contribution is 0.174. The minimum Gasteiger partial charge on any atom is -0.497 e. The number of fused-ring (bicyclic) bond motifs is 1. The third kappa shape index (κ3) is 2.74. The van der Waals surface area contributed by atoms with Crippen molar-refractivity contribution in [3.8, 4) is 17.2 Å². The van der Waals surface area contributed by atoms with Crippen LogP contribution >= 0.6 is 0 Å².